The highest BCUT2D eigenvalue weighted by atomic mass is 19.4. The molecule has 6 heteroatoms. The molecule has 0 fully saturated rings. The molecule has 108 valence electrons. The Labute approximate surface area is 115 Å². The molecule has 20 heavy (non-hydrogen) atoms. The lowest BCUT2D eigenvalue weighted by molar-refractivity contribution is -0.137. The first-order chi connectivity index (χ1) is 9.40. The summed E-state index contributed by atoms with van der Waals surface area (Å²) < 4.78 is 39.7. The third-order valence-corrected chi connectivity index (χ3v) is 3.22. The Hall–Kier alpha value is -1.85. The van der Waals surface area contributed by atoms with Gasteiger partial charge in [-0.3, -0.25) is 4.68 Å². The van der Waals surface area contributed by atoms with E-state index in [-0.39, 0.29) is 0 Å². The van der Waals surface area contributed by atoms with Crippen LogP contribution in [-0.2, 0) is 12.7 Å². The van der Waals surface area contributed by atoms with Crippen LogP contribution in [0, 0.1) is 5.92 Å². The Balaban J connectivity index is 2.24. The van der Waals surface area contributed by atoms with Gasteiger partial charge in [-0.1, -0.05) is 37.6 Å². The molecule has 0 saturated heterocycles. The zero-order valence-electron chi connectivity index (χ0n) is 11.4. The van der Waals surface area contributed by atoms with Crippen molar-refractivity contribution in [2.24, 2.45) is 5.92 Å². The molecule has 0 spiro atoms. The summed E-state index contributed by atoms with van der Waals surface area (Å²) >= 11 is 0. The van der Waals surface area contributed by atoms with Crippen LogP contribution in [0.1, 0.15) is 25.8 Å². The lowest BCUT2D eigenvalue weighted by Crippen LogP contribution is -2.07. The van der Waals surface area contributed by atoms with E-state index in [1.807, 2.05) is 0 Å². The molecule has 2 aromatic rings. The van der Waals surface area contributed by atoms with E-state index >= 15 is 0 Å². The van der Waals surface area contributed by atoms with Crippen molar-refractivity contribution in [1.82, 2.24) is 15.0 Å². The first-order valence-corrected chi connectivity index (χ1v) is 6.48. The average Bonchev–Trinajstić information content (AvgIpc) is 2.86. The van der Waals surface area contributed by atoms with Gasteiger partial charge in [0.1, 0.15) is 5.69 Å². The molecule has 0 radical (unpaired) electrons. The van der Waals surface area contributed by atoms with Crippen molar-refractivity contribution in [3.05, 3.63) is 36.0 Å². The molecule has 0 saturated carbocycles. The highest BCUT2D eigenvalue weighted by molar-refractivity contribution is 5.58. The van der Waals surface area contributed by atoms with Crippen molar-refractivity contribution in [3.8, 4) is 11.3 Å². The Bertz CT molecular complexity index is 575. The summed E-state index contributed by atoms with van der Waals surface area (Å²) in [5, 5.41) is 7.90. The van der Waals surface area contributed by atoms with Gasteiger partial charge < -0.3 is 0 Å². The molecule has 1 aromatic carbocycles. The largest absolute Gasteiger partial charge is 0.416 e. The number of benzene rings is 1. The minimum atomic E-state index is -4.34. The lowest BCUT2D eigenvalue weighted by Gasteiger charge is -2.07. The molecule has 3 nitrogen and oxygen atoms in total. The van der Waals surface area contributed by atoms with Crippen molar-refractivity contribution in [1.29, 1.82) is 0 Å². The van der Waals surface area contributed by atoms with Gasteiger partial charge in [0.2, 0.25) is 0 Å². The van der Waals surface area contributed by atoms with Crippen LogP contribution in [0.2, 0.25) is 0 Å². The number of hydrogen-bond acceptors (Lipinski definition) is 2. The van der Waals surface area contributed by atoms with Gasteiger partial charge in [0.05, 0.1) is 11.8 Å². The summed E-state index contributed by atoms with van der Waals surface area (Å²) in [4.78, 5) is 0. The molecule has 1 heterocycles. The van der Waals surface area contributed by atoms with Crippen LogP contribution in [0.15, 0.2) is 30.5 Å². The maximum absolute atomic E-state index is 12.7. The van der Waals surface area contributed by atoms with Gasteiger partial charge in [-0.05, 0) is 18.1 Å². The van der Waals surface area contributed by atoms with Gasteiger partial charge in [-0.2, -0.15) is 13.2 Å². The molecule has 1 unspecified atom stereocenters. The second-order valence-electron chi connectivity index (χ2n) is 4.92. The molecule has 2 rings (SSSR count). The topological polar surface area (TPSA) is 30.7 Å². The van der Waals surface area contributed by atoms with E-state index in [1.165, 1.54) is 6.07 Å². The van der Waals surface area contributed by atoms with Crippen LogP contribution in [-0.4, -0.2) is 15.0 Å². The smallest absolute Gasteiger partial charge is 0.252 e. The van der Waals surface area contributed by atoms with Gasteiger partial charge in [-0.25, -0.2) is 0 Å². The molecule has 0 N–H and O–H groups in total. The second-order valence-corrected chi connectivity index (χ2v) is 4.92. The summed E-state index contributed by atoms with van der Waals surface area (Å²) in [6.45, 7) is 4.88. The van der Waals surface area contributed by atoms with Crippen LogP contribution >= 0.6 is 0 Å². The standard InChI is InChI=1S/C14H16F3N3/c1-3-10(2)8-20-9-13(18-19-20)11-5-4-6-12(7-11)14(15,16)17/h4-7,9-10H,3,8H2,1-2H3. The number of nitrogens with zero attached hydrogens (tertiary/aromatic N) is 3. The molecule has 0 bridgehead atoms. The van der Waals surface area contributed by atoms with E-state index in [4.69, 9.17) is 0 Å². The maximum atomic E-state index is 12.7. The quantitative estimate of drug-likeness (QED) is 0.848. The lowest BCUT2D eigenvalue weighted by atomic mass is 10.1. The van der Waals surface area contributed by atoms with Gasteiger partial charge in [0, 0.05) is 12.1 Å². The SMILES string of the molecule is CCC(C)Cn1cc(-c2cccc(C(F)(F)F)c2)nn1. The minimum absolute atomic E-state index is 0.426. The minimum Gasteiger partial charge on any atom is -0.252 e. The Morgan fingerprint density at radius 3 is 2.70 bits per heavy atom. The second kappa shape index (κ2) is 5.64. The third kappa shape index (κ3) is 3.37. The molecular weight excluding hydrogens is 267 g/mol. The molecule has 0 amide bonds. The van der Waals surface area contributed by atoms with E-state index in [0.29, 0.717) is 23.7 Å². The number of alkyl halides is 3. The van der Waals surface area contributed by atoms with E-state index in [0.717, 1.165) is 18.6 Å². The Morgan fingerprint density at radius 2 is 2.05 bits per heavy atom. The predicted molar refractivity (Wildman–Crippen MR) is 69.9 cm³/mol. The van der Waals surface area contributed by atoms with Crippen molar-refractivity contribution in [3.63, 3.8) is 0 Å². The zero-order valence-corrected chi connectivity index (χ0v) is 11.4. The third-order valence-electron chi connectivity index (χ3n) is 3.22. The number of hydrogen-bond donors (Lipinski definition) is 0. The summed E-state index contributed by atoms with van der Waals surface area (Å²) in [5.41, 5.74) is 0.209. The molecule has 0 aliphatic carbocycles. The van der Waals surface area contributed by atoms with Gasteiger partial charge in [0.15, 0.2) is 0 Å². The first kappa shape index (κ1) is 14.6. The molecule has 0 aliphatic heterocycles. The van der Waals surface area contributed by atoms with Crippen LogP contribution in [0.3, 0.4) is 0 Å². The highest BCUT2D eigenvalue weighted by Crippen LogP contribution is 2.31. The van der Waals surface area contributed by atoms with Crippen molar-refractivity contribution in [2.45, 2.75) is 33.0 Å². The van der Waals surface area contributed by atoms with Crippen LogP contribution in [0.25, 0.3) is 11.3 Å². The van der Waals surface area contributed by atoms with Gasteiger partial charge in [-0.15, -0.1) is 5.10 Å². The van der Waals surface area contributed by atoms with Crippen LogP contribution in [0.5, 0.6) is 0 Å². The van der Waals surface area contributed by atoms with Gasteiger partial charge >= 0.3 is 6.18 Å². The van der Waals surface area contributed by atoms with E-state index in [2.05, 4.69) is 24.2 Å². The van der Waals surface area contributed by atoms with Crippen molar-refractivity contribution in [2.75, 3.05) is 0 Å². The average molecular weight is 283 g/mol. The van der Waals surface area contributed by atoms with E-state index in [9.17, 15) is 13.2 Å². The van der Waals surface area contributed by atoms with E-state index in [1.54, 1.807) is 16.9 Å². The Kier molecular flexibility index (Phi) is 4.11. The normalized spacial score (nSPS) is 13.4. The first-order valence-electron chi connectivity index (χ1n) is 6.48. The molecule has 0 aliphatic rings. The zero-order chi connectivity index (χ0) is 14.8. The summed E-state index contributed by atoms with van der Waals surface area (Å²) in [6.07, 6.45) is -1.65. The van der Waals surface area contributed by atoms with Crippen LogP contribution < -0.4 is 0 Å². The fourth-order valence-corrected chi connectivity index (χ4v) is 1.82. The van der Waals surface area contributed by atoms with Gasteiger partial charge in [0.25, 0.3) is 0 Å². The monoisotopic (exact) mass is 283 g/mol. The summed E-state index contributed by atoms with van der Waals surface area (Å²) in [5.74, 6) is 0.450. The number of halogens is 3. The van der Waals surface area contributed by atoms with Crippen LogP contribution in [0.4, 0.5) is 13.2 Å². The number of aromatic nitrogens is 3. The van der Waals surface area contributed by atoms with E-state index < -0.39 is 11.7 Å². The molecular formula is C14H16F3N3. The molecule has 1 aromatic heterocycles. The summed E-state index contributed by atoms with van der Waals surface area (Å²) in [6, 6.07) is 5.13. The highest BCUT2D eigenvalue weighted by Gasteiger charge is 2.30. The molecule has 1 atom stereocenters. The fraction of sp³-hybridized carbons (Fsp3) is 0.429. The van der Waals surface area contributed by atoms with Crippen molar-refractivity contribution >= 4 is 0 Å². The predicted octanol–water partition coefficient (Wildman–Crippen LogP) is 4.01. The Morgan fingerprint density at radius 1 is 1.30 bits per heavy atom. The fourth-order valence-electron chi connectivity index (χ4n) is 1.82. The maximum Gasteiger partial charge on any atom is 0.416 e. The number of rotatable bonds is 4. The van der Waals surface area contributed by atoms with Crippen molar-refractivity contribution < 1.29 is 13.2 Å². The summed E-state index contributed by atoms with van der Waals surface area (Å²) in [7, 11) is 0.